The first-order valence-electron chi connectivity index (χ1n) is 7.76. The molecule has 0 radical (unpaired) electrons. The van der Waals surface area contributed by atoms with Gasteiger partial charge in [0.2, 0.25) is 5.84 Å². The van der Waals surface area contributed by atoms with Crippen molar-refractivity contribution in [1.29, 1.82) is 0 Å². The first-order chi connectivity index (χ1) is 11.6. The van der Waals surface area contributed by atoms with E-state index in [4.69, 9.17) is 14.3 Å². The largest absolute Gasteiger partial charge is 0.486 e. The number of hydrogen-bond acceptors (Lipinski definition) is 7. The number of hydrogen-bond donors (Lipinski definition) is 0. The van der Waals surface area contributed by atoms with E-state index in [0.29, 0.717) is 24.8 Å². The van der Waals surface area contributed by atoms with Crippen LogP contribution < -0.4 is 14.4 Å². The van der Waals surface area contributed by atoms with Crippen molar-refractivity contribution in [3.05, 3.63) is 30.4 Å². The van der Waals surface area contributed by atoms with E-state index in [0.717, 1.165) is 17.0 Å². The Bertz CT molecular complexity index is 726. The summed E-state index contributed by atoms with van der Waals surface area (Å²) in [6, 6.07) is 3.83. The topological polar surface area (TPSA) is 74.0 Å². The van der Waals surface area contributed by atoms with Crippen molar-refractivity contribution in [2.24, 2.45) is 5.16 Å². The summed E-state index contributed by atoms with van der Waals surface area (Å²) in [6.07, 6.45) is 2.99. The molecule has 0 bridgehead atoms. The van der Waals surface area contributed by atoms with Gasteiger partial charge in [-0.15, -0.1) is 0 Å². The van der Waals surface area contributed by atoms with Crippen LogP contribution in [0.2, 0.25) is 0 Å². The van der Waals surface area contributed by atoms with Crippen molar-refractivity contribution in [2.45, 2.75) is 20.0 Å². The molecule has 3 rings (SSSR count). The minimum absolute atomic E-state index is 0.0523. The van der Waals surface area contributed by atoms with E-state index in [2.05, 4.69) is 15.2 Å². The number of benzene rings is 1. The van der Waals surface area contributed by atoms with Gasteiger partial charge in [-0.25, -0.2) is 4.98 Å². The number of oxime groups is 1. The molecule has 0 fully saturated rings. The first kappa shape index (κ1) is 16.1. The molecule has 2 aromatic rings. The molecule has 0 aliphatic carbocycles. The lowest BCUT2D eigenvalue weighted by Crippen LogP contribution is -2.23. The van der Waals surface area contributed by atoms with Crippen LogP contribution in [0.3, 0.4) is 0 Å². The Morgan fingerprint density at radius 1 is 1.25 bits per heavy atom. The molecule has 1 aliphatic rings. The number of fused-ring (bicyclic) bond motifs is 1. The second-order valence-corrected chi connectivity index (χ2v) is 5.82. The van der Waals surface area contributed by atoms with Gasteiger partial charge in [-0.3, -0.25) is 0 Å². The van der Waals surface area contributed by atoms with Gasteiger partial charge in [-0.1, -0.05) is 5.16 Å². The fraction of sp³-hybridized carbons (Fsp3) is 0.438. The van der Waals surface area contributed by atoms with Crippen molar-refractivity contribution in [3.8, 4) is 11.5 Å². The maximum Gasteiger partial charge on any atom is 0.203 e. The molecular formula is C16H21N5O3. The lowest BCUT2D eigenvalue weighted by Gasteiger charge is -2.24. The van der Waals surface area contributed by atoms with E-state index < -0.39 is 0 Å². The second kappa shape index (κ2) is 6.77. The van der Waals surface area contributed by atoms with Gasteiger partial charge in [0.1, 0.15) is 32.0 Å². The molecule has 1 aromatic carbocycles. The van der Waals surface area contributed by atoms with Gasteiger partial charge in [-0.2, -0.15) is 9.78 Å². The summed E-state index contributed by atoms with van der Waals surface area (Å²) in [5.74, 6) is 1.93. The predicted molar refractivity (Wildman–Crippen MR) is 89.9 cm³/mol. The zero-order valence-electron chi connectivity index (χ0n) is 14.3. The van der Waals surface area contributed by atoms with Crippen LogP contribution in [0.1, 0.15) is 19.4 Å². The van der Waals surface area contributed by atoms with E-state index in [-0.39, 0.29) is 6.10 Å². The minimum Gasteiger partial charge on any atom is -0.486 e. The average molecular weight is 331 g/mol. The van der Waals surface area contributed by atoms with Gasteiger partial charge in [-0.05, 0) is 19.9 Å². The van der Waals surface area contributed by atoms with Gasteiger partial charge in [0.25, 0.3) is 0 Å². The number of ether oxygens (including phenoxy) is 2. The molecule has 0 saturated heterocycles. The zero-order chi connectivity index (χ0) is 17.1. The van der Waals surface area contributed by atoms with Crippen LogP contribution in [0, 0.1) is 0 Å². The molecule has 0 unspecified atom stereocenters. The molecular weight excluding hydrogens is 310 g/mol. The van der Waals surface area contributed by atoms with Gasteiger partial charge < -0.3 is 19.2 Å². The number of anilines is 1. The van der Waals surface area contributed by atoms with Gasteiger partial charge in [0.05, 0.1) is 11.3 Å². The smallest absolute Gasteiger partial charge is 0.203 e. The highest BCUT2D eigenvalue weighted by Gasteiger charge is 2.22. The van der Waals surface area contributed by atoms with E-state index >= 15 is 0 Å². The third-order valence-electron chi connectivity index (χ3n) is 3.37. The molecule has 128 valence electrons. The Kier molecular flexibility index (Phi) is 4.54. The first-order valence-corrected chi connectivity index (χ1v) is 7.76. The van der Waals surface area contributed by atoms with Crippen LogP contribution in [0.15, 0.2) is 29.9 Å². The highest BCUT2D eigenvalue weighted by Crippen LogP contribution is 2.37. The summed E-state index contributed by atoms with van der Waals surface area (Å²) in [7, 11) is 3.91. The Hall–Kier alpha value is -2.77. The van der Waals surface area contributed by atoms with Crippen molar-refractivity contribution in [2.75, 3.05) is 32.2 Å². The normalized spacial score (nSPS) is 14.0. The summed E-state index contributed by atoms with van der Waals surface area (Å²) in [4.78, 5) is 11.5. The molecule has 0 spiro atoms. The highest BCUT2D eigenvalue weighted by atomic mass is 16.6. The monoisotopic (exact) mass is 331 g/mol. The van der Waals surface area contributed by atoms with Crippen LogP contribution >= 0.6 is 0 Å². The van der Waals surface area contributed by atoms with Crippen LogP contribution in [0.25, 0.3) is 0 Å². The fourth-order valence-corrected chi connectivity index (χ4v) is 2.31. The Labute approximate surface area is 140 Å². The molecule has 24 heavy (non-hydrogen) atoms. The SMILES string of the molecule is CC(C)O/N=C(/c1cc2c(cc1N(C)C)OCCO2)n1cncn1. The maximum absolute atomic E-state index is 5.71. The summed E-state index contributed by atoms with van der Waals surface area (Å²) < 4.78 is 13.0. The molecule has 0 amide bonds. The molecule has 1 aliphatic heterocycles. The zero-order valence-corrected chi connectivity index (χ0v) is 14.3. The minimum atomic E-state index is -0.0523. The highest BCUT2D eigenvalue weighted by molar-refractivity contribution is 6.05. The van der Waals surface area contributed by atoms with Crippen molar-refractivity contribution >= 4 is 11.5 Å². The Morgan fingerprint density at radius 3 is 2.54 bits per heavy atom. The molecule has 8 nitrogen and oxygen atoms in total. The molecule has 8 heteroatoms. The van der Waals surface area contributed by atoms with Crippen LogP contribution in [-0.4, -0.2) is 54.0 Å². The average Bonchev–Trinajstić information content (AvgIpc) is 3.08. The van der Waals surface area contributed by atoms with Crippen LogP contribution in [0.4, 0.5) is 5.69 Å². The number of rotatable bonds is 4. The van der Waals surface area contributed by atoms with Crippen molar-refractivity contribution < 1.29 is 14.3 Å². The summed E-state index contributed by atoms with van der Waals surface area (Å²) >= 11 is 0. The van der Waals surface area contributed by atoms with Crippen molar-refractivity contribution in [1.82, 2.24) is 14.8 Å². The maximum atomic E-state index is 5.71. The Morgan fingerprint density at radius 2 is 1.96 bits per heavy atom. The van der Waals surface area contributed by atoms with Gasteiger partial charge in [0.15, 0.2) is 11.5 Å². The quantitative estimate of drug-likeness (QED) is 0.483. The van der Waals surface area contributed by atoms with Gasteiger partial charge >= 0.3 is 0 Å². The molecule has 0 saturated carbocycles. The molecule has 0 atom stereocenters. The van der Waals surface area contributed by atoms with E-state index in [9.17, 15) is 0 Å². The Balaban J connectivity index is 2.14. The van der Waals surface area contributed by atoms with E-state index in [1.165, 1.54) is 6.33 Å². The third-order valence-corrected chi connectivity index (χ3v) is 3.37. The van der Waals surface area contributed by atoms with Gasteiger partial charge in [0, 0.05) is 20.2 Å². The molecule has 1 aromatic heterocycles. The van der Waals surface area contributed by atoms with E-state index in [1.807, 2.05) is 45.0 Å². The fourth-order valence-electron chi connectivity index (χ4n) is 2.31. The van der Waals surface area contributed by atoms with Crippen LogP contribution in [0.5, 0.6) is 11.5 Å². The summed E-state index contributed by atoms with van der Waals surface area (Å²) in [6.45, 7) is 4.89. The van der Waals surface area contributed by atoms with E-state index in [1.54, 1.807) is 11.0 Å². The summed E-state index contributed by atoms with van der Waals surface area (Å²) in [5, 5.41) is 8.47. The number of aromatic nitrogens is 3. The van der Waals surface area contributed by atoms with Crippen molar-refractivity contribution in [3.63, 3.8) is 0 Å². The molecule has 0 N–H and O–H groups in total. The lowest BCUT2D eigenvalue weighted by atomic mass is 10.1. The summed E-state index contributed by atoms with van der Waals surface area (Å²) in [5.41, 5.74) is 1.73. The number of nitrogens with zero attached hydrogens (tertiary/aromatic N) is 5. The molecule has 2 heterocycles. The lowest BCUT2D eigenvalue weighted by molar-refractivity contribution is 0.0851. The standard InChI is InChI=1S/C16H21N5O3/c1-11(2)24-19-16(21-10-17-9-18-21)12-7-14-15(23-6-5-22-14)8-13(12)20(3)4/h7-11H,5-6H2,1-4H3/b19-16-. The van der Waals surface area contributed by atoms with Crippen LogP contribution in [-0.2, 0) is 4.84 Å². The second-order valence-electron chi connectivity index (χ2n) is 5.82. The third kappa shape index (κ3) is 3.27. The predicted octanol–water partition coefficient (Wildman–Crippen LogP) is 1.75.